The number of benzene rings is 1. The second-order valence-corrected chi connectivity index (χ2v) is 6.98. The van der Waals surface area contributed by atoms with Gasteiger partial charge in [-0.1, -0.05) is 25.3 Å². The number of aliphatic carboxylic acids is 1. The fraction of sp³-hybridized carbons (Fsp3) is 0.450. The first-order valence-corrected chi connectivity index (χ1v) is 9.24. The van der Waals surface area contributed by atoms with Gasteiger partial charge in [0, 0.05) is 12.2 Å². The van der Waals surface area contributed by atoms with Crippen LogP contribution in [0.1, 0.15) is 48.2 Å². The van der Waals surface area contributed by atoms with E-state index < -0.39 is 11.9 Å². The van der Waals surface area contributed by atoms with E-state index in [4.69, 9.17) is 4.74 Å². The Kier molecular flexibility index (Phi) is 5.78. The van der Waals surface area contributed by atoms with Gasteiger partial charge in [-0.3, -0.25) is 9.59 Å². The number of nitrogens with zero attached hydrogens (tertiary/aromatic N) is 2. The number of nitrogens with one attached hydrogen (secondary N) is 1. The lowest BCUT2D eigenvalue weighted by Gasteiger charge is -2.22. The normalized spacial score (nSPS) is 19.9. The Balaban J connectivity index is 1.79. The van der Waals surface area contributed by atoms with Crippen molar-refractivity contribution in [1.82, 2.24) is 15.1 Å². The van der Waals surface area contributed by atoms with E-state index >= 15 is 0 Å². The Morgan fingerprint density at radius 3 is 2.74 bits per heavy atom. The first-order chi connectivity index (χ1) is 13.0. The summed E-state index contributed by atoms with van der Waals surface area (Å²) in [5.41, 5.74) is 2.05. The van der Waals surface area contributed by atoms with E-state index in [1.54, 1.807) is 24.1 Å². The van der Waals surface area contributed by atoms with E-state index in [0.29, 0.717) is 18.6 Å². The number of ether oxygens (including phenoxy) is 1. The smallest absolute Gasteiger partial charge is 0.308 e. The molecule has 0 unspecified atom stereocenters. The maximum absolute atomic E-state index is 12.6. The summed E-state index contributed by atoms with van der Waals surface area (Å²) in [6.07, 6.45) is 5.77. The zero-order valence-electron chi connectivity index (χ0n) is 15.6. The minimum atomic E-state index is -0.850. The Bertz CT molecular complexity index is 830. The number of carboxylic acids is 1. The molecule has 7 heteroatoms. The van der Waals surface area contributed by atoms with Crippen molar-refractivity contribution in [2.24, 2.45) is 5.92 Å². The van der Waals surface area contributed by atoms with Gasteiger partial charge in [0.2, 0.25) is 0 Å². The van der Waals surface area contributed by atoms with E-state index in [-0.39, 0.29) is 17.6 Å². The molecule has 1 heterocycles. The molecule has 1 saturated carbocycles. The highest BCUT2D eigenvalue weighted by Gasteiger charge is 2.31. The van der Waals surface area contributed by atoms with Gasteiger partial charge in [0.05, 0.1) is 13.0 Å². The molecule has 144 valence electrons. The highest BCUT2D eigenvalue weighted by Crippen LogP contribution is 2.25. The van der Waals surface area contributed by atoms with Crippen LogP contribution in [0.15, 0.2) is 30.5 Å². The summed E-state index contributed by atoms with van der Waals surface area (Å²) < 4.78 is 6.97. The quantitative estimate of drug-likeness (QED) is 0.788. The topological polar surface area (TPSA) is 93.5 Å². The van der Waals surface area contributed by atoms with Gasteiger partial charge in [-0.15, -0.1) is 0 Å². The van der Waals surface area contributed by atoms with Crippen molar-refractivity contribution >= 4 is 11.9 Å². The van der Waals surface area contributed by atoms with Crippen molar-refractivity contribution in [3.63, 3.8) is 0 Å². The van der Waals surface area contributed by atoms with Crippen LogP contribution in [0.4, 0.5) is 0 Å². The first kappa shape index (κ1) is 18.9. The van der Waals surface area contributed by atoms with Crippen LogP contribution < -0.4 is 10.1 Å². The molecule has 1 aromatic carbocycles. The maximum Gasteiger partial charge on any atom is 0.308 e. The summed E-state index contributed by atoms with van der Waals surface area (Å²) in [4.78, 5) is 24.2. The Morgan fingerprint density at radius 1 is 1.22 bits per heavy atom. The van der Waals surface area contributed by atoms with E-state index in [1.807, 2.05) is 25.1 Å². The molecule has 0 saturated heterocycles. The molecule has 2 N–H and O–H groups in total. The van der Waals surface area contributed by atoms with Gasteiger partial charge in [0.1, 0.15) is 11.4 Å². The SMILES string of the molecule is COc1ccc(C)cc1-n1ccc(C(=O)N[C@H]2CCCCC[C@H]2C(=O)O)n1. The van der Waals surface area contributed by atoms with Crippen LogP contribution in [0.2, 0.25) is 0 Å². The van der Waals surface area contributed by atoms with Crippen LogP contribution in [0.5, 0.6) is 5.75 Å². The number of aromatic nitrogens is 2. The van der Waals surface area contributed by atoms with Crippen LogP contribution in [-0.2, 0) is 4.79 Å². The summed E-state index contributed by atoms with van der Waals surface area (Å²) in [5, 5.41) is 16.7. The molecule has 1 amide bonds. The molecule has 1 aromatic heterocycles. The average Bonchev–Trinajstić information content (AvgIpc) is 3.02. The van der Waals surface area contributed by atoms with Crippen molar-refractivity contribution in [2.45, 2.75) is 45.1 Å². The third-order valence-corrected chi connectivity index (χ3v) is 5.05. The van der Waals surface area contributed by atoms with E-state index in [9.17, 15) is 14.7 Å². The fourth-order valence-electron chi connectivity index (χ4n) is 3.58. The molecule has 0 aliphatic heterocycles. The number of hydrogen-bond acceptors (Lipinski definition) is 4. The molecule has 1 aliphatic rings. The lowest BCUT2D eigenvalue weighted by atomic mass is 9.95. The van der Waals surface area contributed by atoms with Crippen molar-refractivity contribution < 1.29 is 19.4 Å². The lowest BCUT2D eigenvalue weighted by Crippen LogP contribution is -2.43. The molecule has 0 bridgehead atoms. The fourth-order valence-corrected chi connectivity index (χ4v) is 3.58. The van der Waals surface area contributed by atoms with Gasteiger partial charge < -0.3 is 15.2 Å². The Labute approximate surface area is 158 Å². The number of carbonyl (C=O) groups is 2. The number of methoxy groups -OCH3 is 1. The van der Waals surface area contributed by atoms with Crippen molar-refractivity contribution in [3.8, 4) is 11.4 Å². The number of carbonyl (C=O) groups excluding carboxylic acids is 1. The molecule has 2 aromatic rings. The van der Waals surface area contributed by atoms with Crippen LogP contribution in [0, 0.1) is 12.8 Å². The van der Waals surface area contributed by atoms with Crippen molar-refractivity contribution in [1.29, 1.82) is 0 Å². The van der Waals surface area contributed by atoms with Crippen LogP contribution in [-0.4, -0.2) is 39.9 Å². The van der Waals surface area contributed by atoms with Gasteiger partial charge in [-0.2, -0.15) is 5.10 Å². The third-order valence-electron chi connectivity index (χ3n) is 5.05. The molecule has 1 fully saturated rings. The van der Waals surface area contributed by atoms with Gasteiger partial charge in [0.25, 0.3) is 5.91 Å². The Morgan fingerprint density at radius 2 is 2.00 bits per heavy atom. The maximum atomic E-state index is 12.6. The highest BCUT2D eigenvalue weighted by molar-refractivity contribution is 5.92. The third kappa shape index (κ3) is 4.30. The number of hydrogen-bond donors (Lipinski definition) is 2. The molecule has 0 radical (unpaired) electrons. The van der Waals surface area contributed by atoms with Gasteiger partial charge >= 0.3 is 5.97 Å². The summed E-state index contributed by atoms with van der Waals surface area (Å²) in [7, 11) is 1.59. The number of aryl methyl sites for hydroxylation is 1. The van der Waals surface area contributed by atoms with Crippen LogP contribution in [0.3, 0.4) is 0 Å². The van der Waals surface area contributed by atoms with E-state index in [1.165, 1.54) is 0 Å². The molecule has 1 aliphatic carbocycles. The average molecular weight is 371 g/mol. The molecule has 7 nitrogen and oxygen atoms in total. The number of carboxylic acid groups (broad SMARTS) is 1. The van der Waals surface area contributed by atoms with E-state index in [0.717, 1.165) is 30.5 Å². The summed E-state index contributed by atoms with van der Waals surface area (Å²) >= 11 is 0. The zero-order valence-corrected chi connectivity index (χ0v) is 15.6. The summed E-state index contributed by atoms with van der Waals surface area (Å²) in [6, 6.07) is 6.99. The summed E-state index contributed by atoms with van der Waals surface area (Å²) in [6.45, 7) is 1.97. The molecular formula is C20H25N3O4. The summed E-state index contributed by atoms with van der Waals surface area (Å²) in [5.74, 6) is -1.09. The van der Waals surface area contributed by atoms with Crippen molar-refractivity contribution in [2.75, 3.05) is 7.11 Å². The van der Waals surface area contributed by atoms with Gasteiger partial charge in [0.15, 0.2) is 5.69 Å². The predicted octanol–water partition coefficient (Wildman–Crippen LogP) is 2.95. The molecular weight excluding hydrogens is 346 g/mol. The van der Waals surface area contributed by atoms with Crippen LogP contribution >= 0.6 is 0 Å². The molecule has 3 rings (SSSR count). The van der Waals surface area contributed by atoms with Crippen molar-refractivity contribution in [3.05, 3.63) is 41.7 Å². The van der Waals surface area contributed by atoms with E-state index in [2.05, 4.69) is 10.4 Å². The first-order valence-electron chi connectivity index (χ1n) is 9.24. The minimum absolute atomic E-state index is 0.256. The molecule has 0 spiro atoms. The molecule has 27 heavy (non-hydrogen) atoms. The van der Waals surface area contributed by atoms with Gasteiger partial charge in [-0.05, 0) is 43.5 Å². The largest absolute Gasteiger partial charge is 0.494 e. The number of amides is 1. The molecule has 2 atom stereocenters. The zero-order chi connectivity index (χ0) is 19.4. The standard InChI is InChI=1S/C20H25N3O4/c1-13-8-9-18(27-2)17(12-13)23-11-10-16(22-23)19(24)21-15-7-5-3-4-6-14(15)20(25)26/h8-12,14-15H,3-7H2,1-2H3,(H,21,24)(H,25,26)/t14-,15+/m1/s1. The predicted molar refractivity (Wildman–Crippen MR) is 100 cm³/mol. The second-order valence-electron chi connectivity index (χ2n) is 6.98. The Hall–Kier alpha value is -2.83. The monoisotopic (exact) mass is 371 g/mol. The lowest BCUT2D eigenvalue weighted by molar-refractivity contribution is -0.142. The van der Waals surface area contributed by atoms with Gasteiger partial charge in [-0.25, -0.2) is 4.68 Å². The number of rotatable bonds is 5. The minimum Gasteiger partial charge on any atom is -0.494 e. The van der Waals surface area contributed by atoms with Crippen LogP contribution in [0.25, 0.3) is 5.69 Å². The highest BCUT2D eigenvalue weighted by atomic mass is 16.5. The second kappa shape index (κ2) is 8.24.